The highest BCUT2D eigenvalue weighted by molar-refractivity contribution is 5.30. The van der Waals surface area contributed by atoms with Gasteiger partial charge in [-0.1, -0.05) is 27.2 Å². The minimum absolute atomic E-state index is 0.150. The molecule has 1 aliphatic rings. The first-order valence-corrected chi connectivity index (χ1v) is 5.92. The second-order valence-electron chi connectivity index (χ2n) is 5.46. The van der Waals surface area contributed by atoms with Gasteiger partial charge in [-0.3, -0.25) is 0 Å². The summed E-state index contributed by atoms with van der Waals surface area (Å²) in [6, 6.07) is 0. The van der Waals surface area contributed by atoms with Crippen molar-refractivity contribution in [3.63, 3.8) is 0 Å². The summed E-state index contributed by atoms with van der Waals surface area (Å²) in [4.78, 5) is 8.94. The number of aromatic nitrogens is 2. The molecule has 0 aliphatic heterocycles. The molecule has 0 fully saturated rings. The second kappa shape index (κ2) is 3.92. The number of aryl methyl sites for hydroxylation is 1. The zero-order chi connectivity index (χ0) is 10.9. The summed E-state index contributed by atoms with van der Waals surface area (Å²) in [5, 5.41) is 0. The van der Waals surface area contributed by atoms with Gasteiger partial charge in [0.15, 0.2) is 0 Å². The molecule has 2 rings (SSSR count). The van der Waals surface area contributed by atoms with Gasteiger partial charge in [0.05, 0.1) is 5.69 Å². The zero-order valence-corrected chi connectivity index (χ0v) is 10.0. The maximum absolute atomic E-state index is 4.49. The van der Waals surface area contributed by atoms with E-state index in [-0.39, 0.29) is 5.41 Å². The largest absolute Gasteiger partial charge is 0.241 e. The Kier molecular flexibility index (Phi) is 2.76. The van der Waals surface area contributed by atoms with Gasteiger partial charge in [-0.2, -0.15) is 0 Å². The van der Waals surface area contributed by atoms with Crippen LogP contribution in [0.3, 0.4) is 0 Å². The van der Waals surface area contributed by atoms with Crippen molar-refractivity contribution in [1.29, 1.82) is 0 Å². The molecular formula is C13H20N2. The van der Waals surface area contributed by atoms with Crippen molar-refractivity contribution in [3.8, 4) is 0 Å². The lowest BCUT2D eigenvalue weighted by Crippen LogP contribution is -2.18. The molecule has 82 valence electrons. The van der Waals surface area contributed by atoms with Crippen LogP contribution in [0.2, 0.25) is 0 Å². The minimum Gasteiger partial charge on any atom is -0.241 e. The van der Waals surface area contributed by atoms with Crippen LogP contribution >= 0.6 is 0 Å². The standard InChI is InChI=1S/C13H20N2/c1-13(2,3)12-10-7-5-4-6-8-11(10)14-9-15-12/h9H,4-8H2,1-3H3. The van der Waals surface area contributed by atoms with Crippen LogP contribution in [-0.4, -0.2) is 9.97 Å². The third kappa shape index (κ3) is 2.19. The fourth-order valence-electron chi connectivity index (χ4n) is 2.34. The fraction of sp³-hybridized carbons (Fsp3) is 0.692. The molecule has 0 aromatic carbocycles. The van der Waals surface area contributed by atoms with Crippen LogP contribution in [0.15, 0.2) is 6.33 Å². The maximum atomic E-state index is 4.49. The second-order valence-corrected chi connectivity index (χ2v) is 5.46. The molecule has 0 N–H and O–H groups in total. The van der Waals surface area contributed by atoms with Gasteiger partial charge in [-0.05, 0) is 31.2 Å². The molecule has 1 aliphatic carbocycles. The smallest absolute Gasteiger partial charge is 0.115 e. The summed E-state index contributed by atoms with van der Waals surface area (Å²) >= 11 is 0. The number of nitrogens with zero attached hydrogens (tertiary/aromatic N) is 2. The van der Waals surface area contributed by atoms with E-state index in [4.69, 9.17) is 0 Å². The van der Waals surface area contributed by atoms with Crippen molar-refractivity contribution < 1.29 is 0 Å². The SMILES string of the molecule is CC(C)(C)c1ncnc2c1CCCCC2. The van der Waals surface area contributed by atoms with Gasteiger partial charge >= 0.3 is 0 Å². The molecule has 15 heavy (non-hydrogen) atoms. The van der Waals surface area contributed by atoms with E-state index in [1.807, 2.05) is 0 Å². The van der Waals surface area contributed by atoms with Crippen molar-refractivity contribution in [2.75, 3.05) is 0 Å². The Balaban J connectivity index is 2.48. The Morgan fingerprint density at radius 3 is 2.47 bits per heavy atom. The van der Waals surface area contributed by atoms with Crippen LogP contribution in [0.5, 0.6) is 0 Å². The Morgan fingerprint density at radius 2 is 1.73 bits per heavy atom. The van der Waals surface area contributed by atoms with Crippen LogP contribution in [0.1, 0.15) is 57.0 Å². The summed E-state index contributed by atoms with van der Waals surface area (Å²) in [7, 11) is 0. The molecule has 0 unspecified atom stereocenters. The van der Waals surface area contributed by atoms with Crippen LogP contribution in [0.25, 0.3) is 0 Å². The van der Waals surface area contributed by atoms with Crippen LogP contribution in [-0.2, 0) is 18.3 Å². The number of hydrogen-bond donors (Lipinski definition) is 0. The first-order chi connectivity index (χ1) is 7.09. The monoisotopic (exact) mass is 204 g/mol. The van der Waals surface area contributed by atoms with Crippen molar-refractivity contribution in [2.45, 2.75) is 58.3 Å². The predicted molar refractivity (Wildman–Crippen MR) is 62.0 cm³/mol. The predicted octanol–water partition coefficient (Wildman–Crippen LogP) is 3.04. The summed E-state index contributed by atoms with van der Waals surface area (Å²) in [6.45, 7) is 6.71. The summed E-state index contributed by atoms with van der Waals surface area (Å²) in [5.41, 5.74) is 4.14. The van der Waals surface area contributed by atoms with Gasteiger partial charge in [-0.15, -0.1) is 0 Å². The number of rotatable bonds is 0. The number of hydrogen-bond acceptors (Lipinski definition) is 2. The molecule has 0 amide bonds. The van der Waals surface area contributed by atoms with E-state index in [0.717, 1.165) is 6.42 Å². The van der Waals surface area contributed by atoms with Crippen LogP contribution in [0.4, 0.5) is 0 Å². The van der Waals surface area contributed by atoms with Crippen LogP contribution in [0, 0.1) is 0 Å². The highest BCUT2D eigenvalue weighted by atomic mass is 14.9. The van der Waals surface area contributed by atoms with Gasteiger partial charge in [0, 0.05) is 11.1 Å². The van der Waals surface area contributed by atoms with E-state index >= 15 is 0 Å². The molecule has 2 nitrogen and oxygen atoms in total. The minimum atomic E-state index is 0.150. The molecule has 0 saturated carbocycles. The van der Waals surface area contributed by atoms with Gasteiger partial charge in [0.1, 0.15) is 6.33 Å². The van der Waals surface area contributed by atoms with E-state index < -0.39 is 0 Å². The van der Waals surface area contributed by atoms with Gasteiger partial charge in [0.25, 0.3) is 0 Å². The Hall–Kier alpha value is -0.920. The van der Waals surface area contributed by atoms with E-state index in [9.17, 15) is 0 Å². The third-order valence-electron chi connectivity index (χ3n) is 3.09. The molecular weight excluding hydrogens is 184 g/mol. The van der Waals surface area contributed by atoms with Crippen molar-refractivity contribution in [1.82, 2.24) is 9.97 Å². The normalized spacial score (nSPS) is 17.0. The molecule has 2 heteroatoms. The molecule has 0 atom stereocenters. The Bertz CT molecular complexity index is 350. The summed E-state index contributed by atoms with van der Waals surface area (Å²) in [6.07, 6.45) is 7.96. The highest BCUT2D eigenvalue weighted by Crippen LogP contribution is 2.28. The Morgan fingerprint density at radius 1 is 1.00 bits per heavy atom. The van der Waals surface area contributed by atoms with Gasteiger partial charge in [0.2, 0.25) is 0 Å². The van der Waals surface area contributed by atoms with E-state index in [0.29, 0.717) is 0 Å². The molecule has 1 aromatic heterocycles. The number of fused-ring (bicyclic) bond motifs is 1. The maximum Gasteiger partial charge on any atom is 0.115 e. The molecule has 0 spiro atoms. The topological polar surface area (TPSA) is 25.8 Å². The average molecular weight is 204 g/mol. The molecule has 1 aromatic rings. The van der Waals surface area contributed by atoms with E-state index in [2.05, 4.69) is 30.7 Å². The zero-order valence-electron chi connectivity index (χ0n) is 10.0. The van der Waals surface area contributed by atoms with E-state index in [1.54, 1.807) is 6.33 Å². The molecule has 0 radical (unpaired) electrons. The van der Waals surface area contributed by atoms with Gasteiger partial charge in [-0.25, -0.2) is 9.97 Å². The van der Waals surface area contributed by atoms with Crippen molar-refractivity contribution in [2.24, 2.45) is 0 Å². The average Bonchev–Trinajstić information content (AvgIpc) is 2.39. The third-order valence-corrected chi connectivity index (χ3v) is 3.09. The highest BCUT2D eigenvalue weighted by Gasteiger charge is 2.23. The first-order valence-electron chi connectivity index (χ1n) is 5.92. The molecule has 0 saturated heterocycles. The van der Waals surface area contributed by atoms with E-state index in [1.165, 1.54) is 42.6 Å². The summed E-state index contributed by atoms with van der Waals surface area (Å²) < 4.78 is 0. The fourth-order valence-corrected chi connectivity index (χ4v) is 2.34. The lowest BCUT2D eigenvalue weighted by atomic mass is 9.86. The van der Waals surface area contributed by atoms with Crippen molar-refractivity contribution >= 4 is 0 Å². The lowest BCUT2D eigenvalue weighted by molar-refractivity contribution is 0.555. The quantitative estimate of drug-likeness (QED) is 0.607. The Labute approximate surface area is 92.1 Å². The molecule has 1 heterocycles. The summed E-state index contributed by atoms with van der Waals surface area (Å²) in [5.74, 6) is 0. The van der Waals surface area contributed by atoms with Crippen LogP contribution < -0.4 is 0 Å². The first kappa shape index (κ1) is 10.6. The molecule has 0 bridgehead atoms. The van der Waals surface area contributed by atoms with Gasteiger partial charge < -0.3 is 0 Å². The lowest BCUT2D eigenvalue weighted by Gasteiger charge is -2.22. The van der Waals surface area contributed by atoms with Crippen molar-refractivity contribution in [3.05, 3.63) is 23.3 Å².